The molecule has 0 spiro atoms. The monoisotopic (exact) mass is 244 g/mol. The van der Waals surface area contributed by atoms with Crippen LogP contribution < -0.4 is 0 Å². The van der Waals surface area contributed by atoms with Crippen molar-refractivity contribution >= 4 is 16.8 Å². The van der Waals surface area contributed by atoms with Crippen molar-refractivity contribution in [1.29, 1.82) is 0 Å². The first kappa shape index (κ1) is 10.1. The fraction of sp³-hybridized carbons (Fsp3) is 0.357. The molecule has 0 unspecified atom stereocenters. The van der Waals surface area contributed by atoms with E-state index in [4.69, 9.17) is 0 Å². The normalized spacial score (nSPS) is 22.4. The van der Waals surface area contributed by atoms with Crippen LogP contribution in [-0.2, 0) is 11.2 Å². The number of aromatic nitrogens is 1. The van der Waals surface area contributed by atoms with Gasteiger partial charge in [-0.3, -0.25) is 4.79 Å². The van der Waals surface area contributed by atoms with E-state index in [9.17, 15) is 9.18 Å². The number of hydrogen-bond acceptors (Lipinski definition) is 1. The fourth-order valence-corrected chi connectivity index (χ4v) is 3.34. The summed E-state index contributed by atoms with van der Waals surface area (Å²) in [4.78, 5) is 17.1. The Morgan fingerprint density at radius 3 is 3.11 bits per heavy atom. The molecule has 92 valence electrons. The maximum atomic E-state index is 13.3. The molecular weight excluding hydrogens is 231 g/mol. The molecule has 3 nitrogen and oxygen atoms in total. The number of amides is 1. The Kier molecular flexibility index (Phi) is 1.88. The van der Waals surface area contributed by atoms with Crippen LogP contribution in [0, 0.1) is 5.82 Å². The molecule has 3 heterocycles. The summed E-state index contributed by atoms with van der Waals surface area (Å²) in [5.41, 5.74) is 3.29. The van der Waals surface area contributed by atoms with Crippen molar-refractivity contribution in [3.05, 3.63) is 35.3 Å². The predicted molar refractivity (Wildman–Crippen MR) is 65.6 cm³/mol. The van der Waals surface area contributed by atoms with Gasteiger partial charge in [0.25, 0.3) is 0 Å². The van der Waals surface area contributed by atoms with Crippen LogP contribution in [0.2, 0.25) is 0 Å². The first-order valence-electron chi connectivity index (χ1n) is 6.33. The van der Waals surface area contributed by atoms with Gasteiger partial charge in [-0.15, -0.1) is 0 Å². The van der Waals surface area contributed by atoms with E-state index in [1.54, 1.807) is 12.1 Å². The summed E-state index contributed by atoms with van der Waals surface area (Å²) in [5, 5.41) is 0.976. The summed E-state index contributed by atoms with van der Waals surface area (Å²) < 4.78 is 13.3. The van der Waals surface area contributed by atoms with Crippen LogP contribution in [0.5, 0.6) is 0 Å². The van der Waals surface area contributed by atoms with E-state index >= 15 is 0 Å². The van der Waals surface area contributed by atoms with Crippen LogP contribution in [-0.4, -0.2) is 22.3 Å². The molecule has 1 atom stereocenters. The molecule has 2 aliphatic rings. The minimum atomic E-state index is -0.200. The van der Waals surface area contributed by atoms with E-state index in [1.807, 2.05) is 4.90 Å². The minimum Gasteiger partial charge on any atom is -0.356 e. The maximum absolute atomic E-state index is 13.3. The lowest BCUT2D eigenvalue weighted by atomic mass is 9.98. The zero-order chi connectivity index (χ0) is 12.3. The number of carbonyl (C=O) groups is 1. The smallest absolute Gasteiger partial charge is 0.223 e. The zero-order valence-corrected chi connectivity index (χ0v) is 9.87. The van der Waals surface area contributed by atoms with Crippen molar-refractivity contribution in [1.82, 2.24) is 9.88 Å². The second kappa shape index (κ2) is 3.34. The van der Waals surface area contributed by atoms with Crippen LogP contribution in [0.25, 0.3) is 10.9 Å². The molecule has 1 saturated heterocycles. The Hall–Kier alpha value is -1.84. The first-order chi connectivity index (χ1) is 8.74. The highest BCUT2D eigenvalue weighted by Gasteiger charge is 2.37. The molecular formula is C14H13FN2O. The zero-order valence-electron chi connectivity index (χ0n) is 9.87. The number of aromatic amines is 1. The lowest BCUT2D eigenvalue weighted by Gasteiger charge is -2.29. The largest absolute Gasteiger partial charge is 0.356 e. The Labute approximate surface area is 104 Å². The summed E-state index contributed by atoms with van der Waals surface area (Å²) in [6.45, 7) is 0.764. The molecule has 0 bridgehead atoms. The van der Waals surface area contributed by atoms with E-state index in [-0.39, 0.29) is 17.8 Å². The Morgan fingerprint density at radius 2 is 2.22 bits per heavy atom. The number of fused-ring (bicyclic) bond motifs is 5. The van der Waals surface area contributed by atoms with E-state index in [2.05, 4.69) is 4.98 Å². The van der Waals surface area contributed by atoms with Crippen molar-refractivity contribution in [2.75, 3.05) is 6.54 Å². The predicted octanol–water partition coefficient (Wildman–Crippen LogP) is 2.53. The Balaban J connectivity index is 1.94. The van der Waals surface area contributed by atoms with Crippen molar-refractivity contribution in [3.63, 3.8) is 0 Å². The quantitative estimate of drug-likeness (QED) is 0.759. The van der Waals surface area contributed by atoms with E-state index in [0.29, 0.717) is 6.42 Å². The number of H-pyrrole nitrogens is 1. The van der Waals surface area contributed by atoms with Gasteiger partial charge in [0.15, 0.2) is 0 Å². The average molecular weight is 244 g/mol. The third kappa shape index (κ3) is 1.20. The first-order valence-corrected chi connectivity index (χ1v) is 6.33. The van der Waals surface area contributed by atoms with Crippen LogP contribution in [0.3, 0.4) is 0 Å². The summed E-state index contributed by atoms with van der Waals surface area (Å²) in [6, 6.07) is 5.03. The molecule has 4 rings (SSSR count). The second-order valence-electron chi connectivity index (χ2n) is 5.10. The van der Waals surface area contributed by atoms with Crippen molar-refractivity contribution in [2.45, 2.75) is 25.3 Å². The van der Waals surface area contributed by atoms with Gasteiger partial charge in [0.05, 0.1) is 6.04 Å². The van der Waals surface area contributed by atoms with Crippen LogP contribution >= 0.6 is 0 Å². The van der Waals surface area contributed by atoms with Gasteiger partial charge < -0.3 is 9.88 Å². The van der Waals surface area contributed by atoms with E-state index < -0.39 is 0 Å². The molecule has 18 heavy (non-hydrogen) atoms. The van der Waals surface area contributed by atoms with E-state index in [1.165, 1.54) is 11.6 Å². The topological polar surface area (TPSA) is 36.1 Å². The summed E-state index contributed by atoms with van der Waals surface area (Å²) >= 11 is 0. The molecule has 1 aromatic carbocycles. The fourth-order valence-electron chi connectivity index (χ4n) is 3.34. The van der Waals surface area contributed by atoms with Gasteiger partial charge >= 0.3 is 0 Å². The molecule has 2 aliphatic heterocycles. The molecule has 0 saturated carbocycles. The third-order valence-electron chi connectivity index (χ3n) is 4.17. The molecule has 0 aliphatic carbocycles. The standard InChI is InChI=1S/C14H13FN2O/c15-8-1-2-11-10(7-8)9-5-6-17-12(14(9)16-11)3-4-13(17)18/h1-2,7,12,16H,3-6H2/t12-/m1/s1. The van der Waals surface area contributed by atoms with Gasteiger partial charge in [-0.05, 0) is 36.6 Å². The second-order valence-corrected chi connectivity index (χ2v) is 5.10. The highest BCUT2D eigenvalue weighted by Crippen LogP contribution is 2.40. The van der Waals surface area contributed by atoms with Gasteiger partial charge in [-0.25, -0.2) is 4.39 Å². The molecule has 0 radical (unpaired) electrons. The van der Waals surface area contributed by atoms with Gasteiger partial charge in [0.2, 0.25) is 5.91 Å². The lowest BCUT2D eigenvalue weighted by molar-refractivity contribution is -0.129. The van der Waals surface area contributed by atoms with Crippen LogP contribution in [0.1, 0.15) is 30.1 Å². The number of rotatable bonds is 0. The maximum Gasteiger partial charge on any atom is 0.223 e. The summed E-state index contributed by atoms with van der Waals surface area (Å²) in [5.74, 6) is 0.0460. The number of nitrogens with zero attached hydrogens (tertiary/aromatic N) is 1. The number of carbonyl (C=O) groups excluding carboxylic acids is 1. The summed E-state index contributed by atoms with van der Waals surface area (Å²) in [6.07, 6.45) is 2.33. The number of hydrogen-bond donors (Lipinski definition) is 1. The Bertz CT molecular complexity index is 661. The van der Waals surface area contributed by atoms with Crippen molar-refractivity contribution < 1.29 is 9.18 Å². The average Bonchev–Trinajstić information content (AvgIpc) is 2.90. The number of halogens is 1. The molecule has 1 amide bonds. The Morgan fingerprint density at radius 1 is 1.33 bits per heavy atom. The SMILES string of the molecule is O=C1CC[C@@H]2c3[nH]c4ccc(F)cc4c3CCN12. The van der Waals surface area contributed by atoms with Gasteiger partial charge in [0.1, 0.15) is 5.82 Å². The highest BCUT2D eigenvalue weighted by molar-refractivity contribution is 5.87. The minimum absolute atomic E-state index is 0.178. The van der Waals surface area contributed by atoms with E-state index in [0.717, 1.165) is 36.0 Å². The number of benzene rings is 1. The molecule has 2 aromatic rings. The van der Waals surface area contributed by atoms with Crippen LogP contribution in [0.4, 0.5) is 4.39 Å². The lowest BCUT2D eigenvalue weighted by Crippen LogP contribution is -2.33. The highest BCUT2D eigenvalue weighted by atomic mass is 19.1. The van der Waals surface area contributed by atoms with Crippen LogP contribution in [0.15, 0.2) is 18.2 Å². The molecule has 1 aromatic heterocycles. The van der Waals surface area contributed by atoms with Gasteiger partial charge in [0, 0.05) is 29.6 Å². The van der Waals surface area contributed by atoms with Gasteiger partial charge in [-0.2, -0.15) is 0 Å². The van der Waals surface area contributed by atoms with Gasteiger partial charge in [-0.1, -0.05) is 0 Å². The molecule has 4 heteroatoms. The van der Waals surface area contributed by atoms with Crippen molar-refractivity contribution in [3.8, 4) is 0 Å². The van der Waals surface area contributed by atoms with Crippen molar-refractivity contribution in [2.24, 2.45) is 0 Å². The molecule has 1 N–H and O–H groups in total. The molecule has 1 fully saturated rings. The third-order valence-corrected chi connectivity index (χ3v) is 4.17. The summed E-state index contributed by atoms with van der Waals surface area (Å²) in [7, 11) is 0. The number of nitrogens with one attached hydrogen (secondary N) is 1.